The Kier molecular flexibility index (Phi) is 22.2. The standard InChI is InChI=1S/C15H20O2.C11H13NO2.C11H12O2.C9H10O/c1-5-12-8-6-7-9-13(12)10-11-14(16)17-15(2,3)4;1-2-9-5-3-4-6-10(9)7-8-11(13)12-14;1-2-9-5-3-4-6-10(9)7-8-11(12)13;1-2-8-5-3-4-6-9(8)7-10/h6-11H,5H2,1-4H3;3-8,14H,2H2,1H3,(H,12,13);3-8H,2H2,1H3,(H,12,13);3-7H,2H2,1H3/b11-10+;2*8-7+;. The van der Waals surface area contributed by atoms with Crippen molar-refractivity contribution in [3.8, 4) is 0 Å². The van der Waals surface area contributed by atoms with E-state index in [1.54, 1.807) is 17.6 Å². The number of amides is 1. The molecule has 54 heavy (non-hydrogen) atoms. The Labute approximate surface area is 320 Å². The number of carbonyl (C=O) groups is 4. The zero-order chi connectivity index (χ0) is 40.4. The van der Waals surface area contributed by atoms with Gasteiger partial charge in [-0.2, -0.15) is 0 Å². The fourth-order valence-corrected chi connectivity index (χ4v) is 4.88. The van der Waals surface area contributed by atoms with Gasteiger partial charge in [-0.15, -0.1) is 0 Å². The van der Waals surface area contributed by atoms with E-state index in [2.05, 4.69) is 19.9 Å². The fourth-order valence-electron chi connectivity index (χ4n) is 4.88. The van der Waals surface area contributed by atoms with Crippen LogP contribution in [0.25, 0.3) is 18.2 Å². The summed E-state index contributed by atoms with van der Waals surface area (Å²) < 4.78 is 5.21. The first-order chi connectivity index (χ1) is 25.8. The van der Waals surface area contributed by atoms with E-state index in [0.29, 0.717) is 0 Å². The molecule has 3 N–H and O–H groups in total. The van der Waals surface area contributed by atoms with Gasteiger partial charge < -0.3 is 9.84 Å². The minimum Gasteiger partial charge on any atom is -0.478 e. The largest absolute Gasteiger partial charge is 0.478 e. The number of carboxylic acid groups (broad SMARTS) is 1. The molecular formula is C46H55NO7. The lowest BCUT2D eigenvalue weighted by Gasteiger charge is -2.17. The lowest BCUT2D eigenvalue weighted by atomic mass is 10.1. The van der Waals surface area contributed by atoms with E-state index < -0.39 is 17.5 Å². The number of ether oxygens (including phenoxy) is 1. The lowest BCUT2D eigenvalue weighted by molar-refractivity contribution is -0.148. The summed E-state index contributed by atoms with van der Waals surface area (Å²) in [5, 5.41) is 16.7. The normalized spacial score (nSPS) is 10.7. The average molecular weight is 734 g/mol. The van der Waals surface area contributed by atoms with Crippen molar-refractivity contribution in [1.82, 2.24) is 5.48 Å². The van der Waals surface area contributed by atoms with Gasteiger partial charge in [0.1, 0.15) is 11.9 Å². The van der Waals surface area contributed by atoms with Crippen LogP contribution in [0, 0.1) is 0 Å². The number of carboxylic acids is 1. The molecule has 4 aromatic carbocycles. The van der Waals surface area contributed by atoms with Gasteiger partial charge in [0, 0.05) is 23.8 Å². The molecule has 4 aromatic rings. The Hall–Kier alpha value is -5.86. The van der Waals surface area contributed by atoms with Crippen molar-refractivity contribution in [2.45, 2.75) is 79.8 Å². The summed E-state index contributed by atoms with van der Waals surface area (Å²) >= 11 is 0. The van der Waals surface area contributed by atoms with Crippen LogP contribution in [0.5, 0.6) is 0 Å². The first-order valence-electron chi connectivity index (χ1n) is 18.0. The highest BCUT2D eigenvalue weighted by atomic mass is 16.6. The van der Waals surface area contributed by atoms with Crippen LogP contribution in [-0.4, -0.2) is 40.0 Å². The minimum atomic E-state index is -0.911. The van der Waals surface area contributed by atoms with E-state index >= 15 is 0 Å². The molecule has 0 saturated heterocycles. The Morgan fingerprint density at radius 1 is 0.574 bits per heavy atom. The number of hydroxylamine groups is 1. The minimum absolute atomic E-state index is 0.302. The molecular weight excluding hydrogens is 679 g/mol. The second-order valence-electron chi connectivity index (χ2n) is 12.7. The van der Waals surface area contributed by atoms with Crippen LogP contribution in [0.15, 0.2) is 115 Å². The van der Waals surface area contributed by atoms with Gasteiger partial charge in [-0.1, -0.05) is 125 Å². The molecule has 0 aromatic heterocycles. The number of hydrogen-bond donors (Lipinski definition) is 3. The number of aliphatic carboxylic acids is 1. The molecule has 0 atom stereocenters. The van der Waals surface area contributed by atoms with Gasteiger partial charge in [0.25, 0.3) is 5.91 Å². The van der Waals surface area contributed by atoms with Crippen LogP contribution >= 0.6 is 0 Å². The SMILES string of the molecule is CCc1ccccc1/C=C/C(=O)NO.CCc1ccccc1/C=C/C(=O)O.CCc1ccccc1/C=C/C(=O)OC(C)(C)C.CCc1ccccc1C=O. The molecule has 0 unspecified atom stereocenters. The highest BCUT2D eigenvalue weighted by Gasteiger charge is 2.13. The van der Waals surface area contributed by atoms with Crippen molar-refractivity contribution in [3.63, 3.8) is 0 Å². The average Bonchev–Trinajstić information content (AvgIpc) is 3.18. The van der Waals surface area contributed by atoms with Crippen LogP contribution in [0.1, 0.15) is 97.8 Å². The van der Waals surface area contributed by atoms with Gasteiger partial charge in [-0.05, 0) is 104 Å². The summed E-state index contributed by atoms with van der Waals surface area (Å²) in [5.41, 5.74) is 9.66. The quantitative estimate of drug-likeness (QED) is 0.0460. The lowest BCUT2D eigenvalue weighted by Crippen LogP contribution is -2.22. The van der Waals surface area contributed by atoms with Crippen molar-refractivity contribution < 1.29 is 34.2 Å². The Morgan fingerprint density at radius 3 is 1.22 bits per heavy atom. The molecule has 1 amide bonds. The van der Waals surface area contributed by atoms with Crippen LogP contribution in [0.4, 0.5) is 0 Å². The zero-order valence-corrected chi connectivity index (χ0v) is 32.5. The van der Waals surface area contributed by atoms with Crippen LogP contribution < -0.4 is 5.48 Å². The third-order valence-electron chi connectivity index (χ3n) is 7.61. The van der Waals surface area contributed by atoms with E-state index in [1.165, 1.54) is 28.8 Å². The number of hydrogen-bond acceptors (Lipinski definition) is 6. The van der Waals surface area contributed by atoms with Crippen molar-refractivity contribution >= 4 is 42.4 Å². The predicted molar refractivity (Wildman–Crippen MR) is 219 cm³/mol. The highest BCUT2D eigenvalue weighted by Crippen LogP contribution is 2.14. The molecule has 8 nitrogen and oxygen atoms in total. The van der Waals surface area contributed by atoms with Gasteiger partial charge in [0.2, 0.25) is 0 Å². The Balaban J connectivity index is 0.000000366. The number of carbonyl (C=O) groups excluding carboxylic acids is 3. The molecule has 0 aliphatic rings. The molecule has 0 bridgehead atoms. The summed E-state index contributed by atoms with van der Waals surface area (Å²) in [4.78, 5) is 42.9. The smallest absolute Gasteiger partial charge is 0.331 e. The Morgan fingerprint density at radius 2 is 0.907 bits per heavy atom. The second kappa shape index (κ2) is 26.0. The third kappa shape index (κ3) is 19.1. The van der Waals surface area contributed by atoms with Crippen molar-refractivity contribution in [2.75, 3.05) is 0 Å². The van der Waals surface area contributed by atoms with Crippen molar-refractivity contribution in [1.29, 1.82) is 0 Å². The van der Waals surface area contributed by atoms with Crippen LogP contribution in [0.3, 0.4) is 0 Å². The monoisotopic (exact) mass is 733 g/mol. The number of benzene rings is 4. The van der Waals surface area contributed by atoms with Crippen molar-refractivity contribution in [2.24, 2.45) is 0 Å². The molecule has 286 valence electrons. The number of rotatable bonds is 11. The summed E-state index contributed by atoms with van der Waals surface area (Å²) in [6.45, 7) is 13.8. The maximum absolute atomic E-state index is 11.5. The number of aldehydes is 1. The third-order valence-corrected chi connectivity index (χ3v) is 7.61. The molecule has 4 rings (SSSR count). The molecule has 0 heterocycles. The van der Waals surface area contributed by atoms with Gasteiger partial charge >= 0.3 is 11.9 Å². The summed E-state index contributed by atoms with van der Waals surface area (Å²) in [6.07, 6.45) is 13.7. The second-order valence-corrected chi connectivity index (χ2v) is 12.7. The molecule has 0 spiro atoms. The van der Waals surface area contributed by atoms with Gasteiger partial charge in [-0.25, -0.2) is 15.1 Å². The summed E-state index contributed by atoms with van der Waals surface area (Å²) in [6, 6.07) is 31.3. The van der Waals surface area contributed by atoms with Crippen LogP contribution in [-0.2, 0) is 44.8 Å². The molecule has 0 saturated carbocycles. The number of esters is 1. The summed E-state index contributed by atoms with van der Waals surface area (Å²) in [7, 11) is 0. The first kappa shape index (κ1) is 46.2. The molecule has 0 radical (unpaired) electrons. The predicted octanol–water partition coefficient (Wildman–Crippen LogP) is 9.78. The summed E-state index contributed by atoms with van der Waals surface area (Å²) in [5.74, 6) is -1.73. The van der Waals surface area contributed by atoms with Gasteiger partial charge in [-0.3, -0.25) is 14.8 Å². The fraction of sp³-hybridized carbons (Fsp3) is 0.261. The molecule has 8 heteroatoms. The van der Waals surface area contributed by atoms with Gasteiger partial charge in [0.15, 0.2) is 0 Å². The van der Waals surface area contributed by atoms with Crippen LogP contribution in [0.2, 0.25) is 0 Å². The maximum atomic E-state index is 11.5. The molecule has 0 fully saturated rings. The topological polar surface area (TPSA) is 130 Å². The van der Waals surface area contributed by atoms with Gasteiger partial charge in [0.05, 0.1) is 0 Å². The first-order valence-corrected chi connectivity index (χ1v) is 18.0. The van der Waals surface area contributed by atoms with E-state index in [0.717, 1.165) is 65.9 Å². The highest BCUT2D eigenvalue weighted by molar-refractivity contribution is 5.91. The number of aryl methyl sites for hydroxylation is 4. The maximum Gasteiger partial charge on any atom is 0.331 e. The molecule has 0 aliphatic heterocycles. The van der Waals surface area contributed by atoms with Crippen molar-refractivity contribution in [3.05, 3.63) is 160 Å². The zero-order valence-electron chi connectivity index (χ0n) is 32.5. The van der Waals surface area contributed by atoms with E-state index in [4.69, 9.17) is 15.1 Å². The van der Waals surface area contributed by atoms with E-state index in [9.17, 15) is 19.2 Å². The molecule has 0 aliphatic carbocycles. The van der Waals surface area contributed by atoms with E-state index in [1.807, 2.05) is 132 Å². The number of nitrogens with one attached hydrogen (secondary N) is 1. The van der Waals surface area contributed by atoms with E-state index in [-0.39, 0.29) is 5.97 Å². The Bertz CT molecular complexity index is 1850.